The molecule has 0 aromatic heterocycles. The molecule has 1 unspecified atom stereocenters. The number of carbonyl (C=O) groups is 1. The molecule has 2 aromatic carbocycles. The zero-order valence-corrected chi connectivity index (χ0v) is 11.6. The predicted molar refractivity (Wildman–Crippen MR) is 73.4 cm³/mol. The fourth-order valence-electron chi connectivity index (χ4n) is 2.02. The van der Waals surface area contributed by atoms with Gasteiger partial charge in [-0.05, 0) is 43.7 Å². The molecule has 0 heterocycles. The van der Waals surface area contributed by atoms with Gasteiger partial charge in [-0.1, -0.05) is 12.1 Å². The molecule has 0 spiro atoms. The standard InChI is InChI=1S/C16H14F3NO/c1-9-4-3-5-12(15(9)19)16(21)20-10(2)13-8-11(17)6-7-14(13)18/h3-8,10H,1-2H3,(H,20,21). The molecule has 0 aliphatic rings. The lowest BCUT2D eigenvalue weighted by molar-refractivity contribution is 0.0935. The van der Waals surface area contributed by atoms with Crippen LogP contribution in [-0.4, -0.2) is 5.91 Å². The second-order valence-electron chi connectivity index (χ2n) is 4.80. The minimum absolute atomic E-state index is 0.0106. The van der Waals surface area contributed by atoms with E-state index in [1.807, 2.05) is 0 Å². The van der Waals surface area contributed by atoms with Crippen molar-refractivity contribution in [3.05, 3.63) is 70.5 Å². The first-order chi connectivity index (χ1) is 9.90. The Balaban J connectivity index is 2.23. The summed E-state index contributed by atoms with van der Waals surface area (Å²) < 4.78 is 40.6. The van der Waals surface area contributed by atoms with Crippen LogP contribution in [0.25, 0.3) is 0 Å². The quantitative estimate of drug-likeness (QED) is 0.913. The summed E-state index contributed by atoms with van der Waals surface area (Å²) in [5.74, 6) is -2.53. The van der Waals surface area contributed by atoms with E-state index < -0.39 is 29.4 Å². The Morgan fingerprint density at radius 2 is 1.86 bits per heavy atom. The maximum absolute atomic E-state index is 13.9. The van der Waals surface area contributed by atoms with Gasteiger partial charge in [0.1, 0.15) is 17.5 Å². The SMILES string of the molecule is Cc1cccc(C(=O)NC(C)c2cc(F)ccc2F)c1F. The molecule has 2 rings (SSSR count). The van der Waals surface area contributed by atoms with Gasteiger partial charge < -0.3 is 5.32 Å². The maximum atomic E-state index is 13.9. The highest BCUT2D eigenvalue weighted by Crippen LogP contribution is 2.19. The lowest BCUT2D eigenvalue weighted by atomic mass is 10.1. The summed E-state index contributed by atoms with van der Waals surface area (Å²) in [5.41, 5.74) is 0.224. The number of benzene rings is 2. The summed E-state index contributed by atoms with van der Waals surface area (Å²) in [4.78, 5) is 12.0. The van der Waals surface area contributed by atoms with Gasteiger partial charge in [-0.3, -0.25) is 4.79 Å². The molecular formula is C16H14F3NO. The predicted octanol–water partition coefficient (Wildman–Crippen LogP) is 3.90. The second-order valence-corrected chi connectivity index (χ2v) is 4.80. The molecule has 0 saturated carbocycles. The average Bonchev–Trinajstić information content (AvgIpc) is 2.44. The van der Waals surface area contributed by atoms with E-state index in [4.69, 9.17) is 0 Å². The maximum Gasteiger partial charge on any atom is 0.254 e. The van der Waals surface area contributed by atoms with E-state index in [0.717, 1.165) is 18.2 Å². The lowest BCUT2D eigenvalue weighted by Crippen LogP contribution is -2.28. The number of hydrogen-bond acceptors (Lipinski definition) is 1. The van der Waals surface area contributed by atoms with Crippen molar-refractivity contribution in [2.24, 2.45) is 0 Å². The fraction of sp³-hybridized carbons (Fsp3) is 0.188. The Morgan fingerprint density at radius 1 is 1.14 bits per heavy atom. The smallest absolute Gasteiger partial charge is 0.254 e. The van der Waals surface area contributed by atoms with Gasteiger partial charge in [0, 0.05) is 5.56 Å². The van der Waals surface area contributed by atoms with Gasteiger partial charge in [-0.25, -0.2) is 13.2 Å². The molecule has 0 aliphatic carbocycles. The molecule has 2 nitrogen and oxygen atoms in total. The van der Waals surface area contributed by atoms with Crippen molar-refractivity contribution in [3.8, 4) is 0 Å². The molecule has 0 bridgehead atoms. The first kappa shape index (κ1) is 15.1. The summed E-state index contributed by atoms with van der Waals surface area (Å²) in [6, 6.07) is 6.64. The highest BCUT2D eigenvalue weighted by Gasteiger charge is 2.18. The molecule has 0 fully saturated rings. The van der Waals surface area contributed by atoms with E-state index in [0.29, 0.717) is 5.56 Å². The van der Waals surface area contributed by atoms with Crippen LogP contribution in [0.1, 0.15) is 34.5 Å². The Kier molecular flexibility index (Phi) is 4.31. The summed E-state index contributed by atoms with van der Waals surface area (Å²) in [6.45, 7) is 3.05. The van der Waals surface area contributed by atoms with Gasteiger partial charge in [0.15, 0.2) is 0 Å². The van der Waals surface area contributed by atoms with Crippen LogP contribution in [-0.2, 0) is 0 Å². The number of amides is 1. The van der Waals surface area contributed by atoms with Crippen LogP contribution >= 0.6 is 0 Å². The van der Waals surface area contributed by atoms with Crippen LogP contribution in [0, 0.1) is 24.4 Å². The monoisotopic (exact) mass is 293 g/mol. The minimum Gasteiger partial charge on any atom is -0.345 e. The molecule has 1 atom stereocenters. The molecule has 0 radical (unpaired) electrons. The highest BCUT2D eigenvalue weighted by atomic mass is 19.1. The topological polar surface area (TPSA) is 29.1 Å². The van der Waals surface area contributed by atoms with Crippen LogP contribution in [0.15, 0.2) is 36.4 Å². The average molecular weight is 293 g/mol. The number of rotatable bonds is 3. The van der Waals surface area contributed by atoms with Crippen molar-refractivity contribution in [2.45, 2.75) is 19.9 Å². The van der Waals surface area contributed by atoms with Gasteiger partial charge in [0.2, 0.25) is 0 Å². The molecule has 5 heteroatoms. The third-order valence-electron chi connectivity index (χ3n) is 3.21. The van der Waals surface area contributed by atoms with Crippen LogP contribution in [0.5, 0.6) is 0 Å². The fourth-order valence-corrected chi connectivity index (χ4v) is 2.02. The van der Waals surface area contributed by atoms with Crippen LogP contribution in [0.2, 0.25) is 0 Å². The summed E-state index contributed by atoms with van der Waals surface area (Å²) in [7, 11) is 0. The summed E-state index contributed by atoms with van der Waals surface area (Å²) in [5, 5.41) is 2.46. The number of nitrogens with one attached hydrogen (secondary N) is 1. The van der Waals surface area contributed by atoms with Gasteiger partial charge in [-0.2, -0.15) is 0 Å². The van der Waals surface area contributed by atoms with Crippen molar-refractivity contribution in [3.63, 3.8) is 0 Å². The molecule has 0 saturated heterocycles. The van der Waals surface area contributed by atoms with E-state index in [2.05, 4.69) is 5.32 Å². The van der Waals surface area contributed by atoms with Crippen molar-refractivity contribution < 1.29 is 18.0 Å². The zero-order chi connectivity index (χ0) is 15.6. The molecule has 0 aliphatic heterocycles. The van der Waals surface area contributed by atoms with Gasteiger partial charge in [0.25, 0.3) is 5.91 Å². The lowest BCUT2D eigenvalue weighted by Gasteiger charge is -2.16. The van der Waals surface area contributed by atoms with Gasteiger partial charge in [0.05, 0.1) is 11.6 Å². The Bertz CT molecular complexity index is 685. The van der Waals surface area contributed by atoms with E-state index in [-0.39, 0.29) is 11.1 Å². The van der Waals surface area contributed by atoms with Gasteiger partial charge in [-0.15, -0.1) is 0 Å². The molecule has 2 aromatic rings. The highest BCUT2D eigenvalue weighted by molar-refractivity contribution is 5.94. The molecule has 1 N–H and O–H groups in total. The molecule has 1 amide bonds. The molecular weight excluding hydrogens is 279 g/mol. The third kappa shape index (κ3) is 3.24. The van der Waals surface area contributed by atoms with Crippen molar-refractivity contribution in [2.75, 3.05) is 0 Å². The normalized spacial score (nSPS) is 12.0. The van der Waals surface area contributed by atoms with E-state index in [9.17, 15) is 18.0 Å². The van der Waals surface area contributed by atoms with Crippen LogP contribution in [0.3, 0.4) is 0 Å². The largest absolute Gasteiger partial charge is 0.345 e. The van der Waals surface area contributed by atoms with Crippen molar-refractivity contribution >= 4 is 5.91 Å². The number of carbonyl (C=O) groups excluding carboxylic acids is 1. The third-order valence-corrected chi connectivity index (χ3v) is 3.21. The summed E-state index contributed by atoms with van der Waals surface area (Å²) in [6.07, 6.45) is 0. The second kappa shape index (κ2) is 5.99. The Morgan fingerprint density at radius 3 is 2.57 bits per heavy atom. The first-order valence-electron chi connectivity index (χ1n) is 6.41. The van der Waals surface area contributed by atoms with Crippen LogP contribution < -0.4 is 5.32 Å². The summed E-state index contributed by atoms with van der Waals surface area (Å²) >= 11 is 0. The van der Waals surface area contributed by atoms with Crippen molar-refractivity contribution in [1.82, 2.24) is 5.32 Å². The van der Waals surface area contributed by atoms with Crippen molar-refractivity contribution in [1.29, 1.82) is 0 Å². The number of aryl methyl sites for hydroxylation is 1. The Hall–Kier alpha value is -2.30. The number of halogens is 3. The number of hydrogen-bond donors (Lipinski definition) is 1. The molecule has 110 valence electrons. The zero-order valence-electron chi connectivity index (χ0n) is 11.6. The van der Waals surface area contributed by atoms with E-state index in [1.165, 1.54) is 13.0 Å². The molecule has 21 heavy (non-hydrogen) atoms. The van der Waals surface area contributed by atoms with Gasteiger partial charge >= 0.3 is 0 Å². The Labute approximate surface area is 120 Å². The first-order valence-corrected chi connectivity index (χ1v) is 6.41. The van der Waals surface area contributed by atoms with E-state index in [1.54, 1.807) is 19.1 Å². The van der Waals surface area contributed by atoms with Crippen LogP contribution in [0.4, 0.5) is 13.2 Å². The van der Waals surface area contributed by atoms with E-state index >= 15 is 0 Å². The minimum atomic E-state index is -0.784.